The Hall–Kier alpha value is -2.56. The Morgan fingerprint density at radius 1 is 1.10 bits per heavy atom. The second kappa shape index (κ2) is 4.85. The SMILES string of the molecule is O=C(O)C1NC(=O)C(n2cccc2)C1c1ccccc1. The predicted molar refractivity (Wildman–Crippen MR) is 72.2 cm³/mol. The number of carboxylic acids is 1. The molecule has 5 nitrogen and oxygen atoms in total. The van der Waals surface area contributed by atoms with Crippen LogP contribution in [0.2, 0.25) is 0 Å². The smallest absolute Gasteiger partial charge is 0.326 e. The number of aliphatic carboxylic acids is 1. The van der Waals surface area contributed by atoms with E-state index in [1.165, 1.54) is 0 Å². The summed E-state index contributed by atoms with van der Waals surface area (Å²) in [7, 11) is 0. The molecule has 2 N–H and O–H groups in total. The lowest BCUT2D eigenvalue weighted by molar-refractivity contribution is -0.140. The first-order valence-corrected chi connectivity index (χ1v) is 6.39. The summed E-state index contributed by atoms with van der Waals surface area (Å²) < 4.78 is 1.76. The number of carbonyl (C=O) groups is 2. The van der Waals surface area contributed by atoms with E-state index in [1.54, 1.807) is 17.0 Å². The van der Waals surface area contributed by atoms with E-state index in [0.717, 1.165) is 5.56 Å². The number of hydrogen-bond donors (Lipinski definition) is 2. The van der Waals surface area contributed by atoms with E-state index in [9.17, 15) is 14.7 Å². The monoisotopic (exact) mass is 270 g/mol. The van der Waals surface area contributed by atoms with E-state index in [4.69, 9.17) is 0 Å². The fourth-order valence-electron chi connectivity index (χ4n) is 2.79. The van der Waals surface area contributed by atoms with Crippen LogP contribution >= 0.6 is 0 Å². The summed E-state index contributed by atoms with van der Waals surface area (Å²) in [6.07, 6.45) is 3.56. The Balaban J connectivity index is 2.07. The lowest BCUT2D eigenvalue weighted by Crippen LogP contribution is -2.36. The predicted octanol–water partition coefficient (Wildman–Crippen LogP) is 1.40. The number of nitrogens with one attached hydrogen (secondary N) is 1. The third-order valence-corrected chi connectivity index (χ3v) is 3.66. The second-order valence-electron chi connectivity index (χ2n) is 4.84. The van der Waals surface area contributed by atoms with Gasteiger partial charge in [-0.3, -0.25) is 4.79 Å². The number of carboxylic acid groups (broad SMARTS) is 1. The lowest BCUT2D eigenvalue weighted by Gasteiger charge is -2.21. The molecular weight excluding hydrogens is 256 g/mol. The number of hydrogen-bond acceptors (Lipinski definition) is 2. The highest BCUT2D eigenvalue weighted by atomic mass is 16.4. The van der Waals surface area contributed by atoms with Crippen molar-refractivity contribution in [2.24, 2.45) is 0 Å². The van der Waals surface area contributed by atoms with Crippen LogP contribution in [0.25, 0.3) is 0 Å². The number of benzene rings is 1. The van der Waals surface area contributed by atoms with Crippen molar-refractivity contribution in [2.75, 3.05) is 0 Å². The number of nitrogens with zero attached hydrogens (tertiary/aromatic N) is 1. The highest BCUT2D eigenvalue weighted by Crippen LogP contribution is 2.37. The van der Waals surface area contributed by atoms with Crippen LogP contribution in [0, 0.1) is 0 Å². The Morgan fingerprint density at radius 3 is 2.35 bits per heavy atom. The first kappa shape index (κ1) is 12.5. The molecule has 2 heterocycles. The minimum absolute atomic E-state index is 0.262. The molecule has 1 fully saturated rings. The van der Waals surface area contributed by atoms with Crippen LogP contribution in [0.15, 0.2) is 54.9 Å². The summed E-state index contributed by atoms with van der Waals surface area (Å²) in [5, 5.41) is 11.9. The Kier molecular flexibility index (Phi) is 3.02. The van der Waals surface area contributed by atoms with E-state index >= 15 is 0 Å². The van der Waals surface area contributed by atoms with E-state index in [-0.39, 0.29) is 5.91 Å². The van der Waals surface area contributed by atoms with Gasteiger partial charge in [0.1, 0.15) is 12.1 Å². The molecule has 5 heteroatoms. The molecule has 0 spiro atoms. The van der Waals surface area contributed by atoms with Crippen molar-refractivity contribution in [2.45, 2.75) is 18.0 Å². The average molecular weight is 270 g/mol. The molecule has 1 aromatic heterocycles. The largest absolute Gasteiger partial charge is 0.480 e. The highest BCUT2D eigenvalue weighted by Gasteiger charge is 2.47. The molecule has 3 atom stereocenters. The van der Waals surface area contributed by atoms with Crippen LogP contribution in [0.5, 0.6) is 0 Å². The van der Waals surface area contributed by atoms with Crippen molar-refractivity contribution in [1.29, 1.82) is 0 Å². The fraction of sp³-hybridized carbons (Fsp3) is 0.200. The van der Waals surface area contributed by atoms with Crippen molar-refractivity contribution >= 4 is 11.9 Å². The standard InChI is InChI=1S/C15H14N2O3/c18-14-13(17-8-4-5-9-17)11(12(16-14)15(19)20)10-6-2-1-3-7-10/h1-9,11-13H,(H,16,18)(H,19,20). The van der Waals surface area contributed by atoms with Crippen molar-refractivity contribution in [3.8, 4) is 0 Å². The third-order valence-electron chi connectivity index (χ3n) is 3.66. The summed E-state index contributed by atoms with van der Waals surface area (Å²) in [5.74, 6) is -1.70. The van der Waals surface area contributed by atoms with Crippen molar-refractivity contribution < 1.29 is 14.7 Å². The van der Waals surface area contributed by atoms with E-state index < -0.39 is 24.0 Å². The Bertz CT molecular complexity index is 622. The number of aromatic nitrogens is 1. The van der Waals surface area contributed by atoms with Crippen LogP contribution in [-0.2, 0) is 9.59 Å². The molecule has 1 saturated heterocycles. The molecule has 3 rings (SSSR count). The molecule has 2 aromatic rings. The van der Waals surface area contributed by atoms with Gasteiger partial charge in [-0.05, 0) is 17.7 Å². The Labute approximate surface area is 115 Å². The van der Waals surface area contributed by atoms with Crippen molar-refractivity contribution in [1.82, 2.24) is 9.88 Å². The summed E-state index contributed by atoms with van der Waals surface area (Å²) >= 11 is 0. The molecule has 102 valence electrons. The number of amides is 1. The number of carbonyl (C=O) groups excluding carboxylic acids is 1. The molecule has 0 aliphatic carbocycles. The molecule has 1 aliphatic heterocycles. The Morgan fingerprint density at radius 2 is 1.75 bits per heavy atom. The summed E-state index contributed by atoms with van der Waals surface area (Å²) in [4.78, 5) is 23.6. The molecule has 20 heavy (non-hydrogen) atoms. The molecular formula is C15H14N2O3. The maximum atomic E-state index is 12.2. The molecule has 1 aromatic carbocycles. The lowest BCUT2D eigenvalue weighted by atomic mass is 9.88. The van der Waals surface area contributed by atoms with E-state index in [2.05, 4.69) is 5.32 Å². The van der Waals surface area contributed by atoms with Crippen LogP contribution < -0.4 is 5.32 Å². The average Bonchev–Trinajstić information content (AvgIpc) is 3.06. The van der Waals surface area contributed by atoms with Gasteiger partial charge in [0.05, 0.1) is 0 Å². The van der Waals surface area contributed by atoms with Gasteiger partial charge in [-0.25, -0.2) is 4.79 Å². The van der Waals surface area contributed by atoms with Gasteiger partial charge >= 0.3 is 5.97 Å². The molecule has 0 radical (unpaired) electrons. The molecule has 0 saturated carbocycles. The van der Waals surface area contributed by atoms with Gasteiger partial charge in [0, 0.05) is 18.3 Å². The molecule has 0 bridgehead atoms. The summed E-state index contributed by atoms with van der Waals surface area (Å²) in [6.45, 7) is 0. The quantitative estimate of drug-likeness (QED) is 0.885. The minimum Gasteiger partial charge on any atom is -0.480 e. The van der Waals surface area contributed by atoms with Gasteiger partial charge < -0.3 is 15.0 Å². The second-order valence-corrected chi connectivity index (χ2v) is 4.84. The number of rotatable bonds is 3. The van der Waals surface area contributed by atoms with Gasteiger partial charge in [0.2, 0.25) is 5.91 Å². The van der Waals surface area contributed by atoms with Crippen LogP contribution in [0.3, 0.4) is 0 Å². The van der Waals surface area contributed by atoms with Crippen LogP contribution in [0.1, 0.15) is 17.5 Å². The zero-order chi connectivity index (χ0) is 14.1. The first-order chi connectivity index (χ1) is 9.68. The van der Waals surface area contributed by atoms with Gasteiger partial charge in [0.15, 0.2) is 0 Å². The van der Waals surface area contributed by atoms with Gasteiger partial charge in [-0.2, -0.15) is 0 Å². The normalized spacial score (nSPS) is 25.4. The van der Waals surface area contributed by atoms with Crippen LogP contribution in [0.4, 0.5) is 0 Å². The van der Waals surface area contributed by atoms with Gasteiger partial charge in [0.25, 0.3) is 0 Å². The minimum atomic E-state index is -1.01. The van der Waals surface area contributed by atoms with Crippen molar-refractivity contribution in [3.63, 3.8) is 0 Å². The highest BCUT2D eigenvalue weighted by molar-refractivity contribution is 5.92. The van der Waals surface area contributed by atoms with Crippen molar-refractivity contribution in [3.05, 3.63) is 60.4 Å². The summed E-state index contributed by atoms with van der Waals surface area (Å²) in [5.41, 5.74) is 0.844. The molecule has 1 amide bonds. The van der Waals surface area contributed by atoms with Gasteiger partial charge in [-0.1, -0.05) is 30.3 Å². The maximum Gasteiger partial charge on any atom is 0.326 e. The zero-order valence-corrected chi connectivity index (χ0v) is 10.6. The summed E-state index contributed by atoms with van der Waals surface area (Å²) in [6, 6.07) is 11.5. The molecule has 3 unspecified atom stereocenters. The molecule has 1 aliphatic rings. The van der Waals surface area contributed by atoms with Crippen LogP contribution in [-0.4, -0.2) is 27.6 Å². The topological polar surface area (TPSA) is 71.3 Å². The third kappa shape index (κ3) is 1.97. The van der Waals surface area contributed by atoms with E-state index in [1.807, 2.05) is 42.5 Å². The zero-order valence-electron chi connectivity index (χ0n) is 10.6. The fourth-order valence-corrected chi connectivity index (χ4v) is 2.79. The first-order valence-electron chi connectivity index (χ1n) is 6.39. The van der Waals surface area contributed by atoms with Gasteiger partial charge in [-0.15, -0.1) is 0 Å². The van der Waals surface area contributed by atoms with E-state index in [0.29, 0.717) is 0 Å². The maximum absolute atomic E-state index is 12.2.